The molecule has 0 aromatic heterocycles. The molecular weight excluding hydrogens is 374 g/mol. The SMILES string of the molecule is CCOCCNCC(O)CO/N=C1\[C@H](N2CCOCC2)[C@H]2CC[C@]1(C)OC2(C)C. The summed E-state index contributed by atoms with van der Waals surface area (Å²) in [4.78, 5) is 8.12. The number of morpholine rings is 1. The maximum absolute atomic E-state index is 10.2. The minimum atomic E-state index is -0.617. The third kappa shape index (κ3) is 5.48. The smallest absolute Gasteiger partial charge is 0.144 e. The highest BCUT2D eigenvalue weighted by molar-refractivity contribution is 5.98. The molecule has 0 spiro atoms. The Balaban J connectivity index is 1.62. The first kappa shape index (κ1) is 22.9. The minimum absolute atomic E-state index is 0.158. The van der Waals surface area contributed by atoms with Gasteiger partial charge in [0, 0.05) is 38.7 Å². The van der Waals surface area contributed by atoms with E-state index in [0.717, 1.165) is 44.9 Å². The van der Waals surface area contributed by atoms with Crippen molar-refractivity contribution >= 4 is 5.71 Å². The van der Waals surface area contributed by atoms with Crippen molar-refractivity contribution in [3.8, 4) is 0 Å². The average molecular weight is 414 g/mol. The first-order valence-corrected chi connectivity index (χ1v) is 11.1. The normalized spacial score (nSPS) is 34.4. The van der Waals surface area contributed by atoms with E-state index in [4.69, 9.17) is 19.0 Å². The van der Waals surface area contributed by atoms with Crippen LogP contribution in [0.4, 0.5) is 0 Å². The molecule has 3 saturated heterocycles. The number of aliphatic hydroxyl groups is 1. The van der Waals surface area contributed by atoms with Crippen LogP contribution < -0.4 is 5.32 Å². The van der Waals surface area contributed by atoms with Gasteiger partial charge in [0.1, 0.15) is 24.0 Å². The minimum Gasteiger partial charge on any atom is -0.393 e. The summed E-state index contributed by atoms with van der Waals surface area (Å²) < 4.78 is 17.3. The van der Waals surface area contributed by atoms with Crippen LogP contribution in [0.1, 0.15) is 40.5 Å². The summed E-state index contributed by atoms with van der Waals surface area (Å²) in [6.45, 7) is 14.5. The topological polar surface area (TPSA) is 84.8 Å². The van der Waals surface area contributed by atoms with Gasteiger partial charge in [-0.3, -0.25) is 4.90 Å². The van der Waals surface area contributed by atoms with Crippen molar-refractivity contribution in [2.75, 3.05) is 59.2 Å². The van der Waals surface area contributed by atoms with Crippen LogP contribution in [0.15, 0.2) is 5.16 Å². The van der Waals surface area contributed by atoms with Gasteiger partial charge in [0.25, 0.3) is 0 Å². The standard InChI is InChI=1S/C21H39N3O5/c1-5-26-11-8-22-14-16(25)15-28-23-19-18(24-9-12-27-13-10-24)17-6-7-21(19,4)29-20(17,2)3/h16-18,22,25H,5-15H2,1-4H3/b23-19+/t16?,17-,18-,21+/m1/s1. The highest BCUT2D eigenvalue weighted by Crippen LogP contribution is 2.50. The molecule has 4 atom stereocenters. The fraction of sp³-hybridized carbons (Fsp3) is 0.952. The summed E-state index contributed by atoms with van der Waals surface area (Å²) in [7, 11) is 0. The molecule has 1 unspecified atom stereocenters. The van der Waals surface area contributed by atoms with Crippen LogP contribution in [0.2, 0.25) is 0 Å². The third-order valence-corrected chi connectivity index (χ3v) is 6.39. The van der Waals surface area contributed by atoms with Crippen molar-refractivity contribution in [3.05, 3.63) is 0 Å². The van der Waals surface area contributed by atoms with Crippen molar-refractivity contribution in [1.82, 2.24) is 10.2 Å². The van der Waals surface area contributed by atoms with Gasteiger partial charge in [0.2, 0.25) is 0 Å². The highest BCUT2D eigenvalue weighted by Gasteiger charge is 2.59. The van der Waals surface area contributed by atoms with Crippen molar-refractivity contribution in [2.45, 2.75) is 63.9 Å². The molecule has 2 N–H and O–H groups in total. The summed E-state index contributed by atoms with van der Waals surface area (Å²) in [6, 6.07) is 0.197. The van der Waals surface area contributed by atoms with Crippen LogP contribution in [0, 0.1) is 5.92 Å². The van der Waals surface area contributed by atoms with E-state index in [1.165, 1.54) is 0 Å². The largest absolute Gasteiger partial charge is 0.393 e. The summed E-state index contributed by atoms with van der Waals surface area (Å²) in [6.07, 6.45) is 1.46. The number of oxime groups is 1. The molecule has 4 rings (SSSR count). The molecule has 2 bridgehead atoms. The second-order valence-corrected chi connectivity index (χ2v) is 9.00. The lowest BCUT2D eigenvalue weighted by Gasteiger charge is -2.59. The zero-order valence-electron chi connectivity index (χ0n) is 18.5. The molecule has 0 radical (unpaired) electrons. The van der Waals surface area contributed by atoms with Crippen LogP contribution in [-0.2, 0) is 19.0 Å². The molecule has 0 aromatic rings. The lowest BCUT2D eigenvalue weighted by molar-refractivity contribution is -0.199. The van der Waals surface area contributed by atoms with Crippen LogP contribution >= 0.6 is 0 Å². The Kier molecular flexibility index (Phi) is 7.92. The molecule has 168 valence electrons. The first-order valence-electron chi connectivity index (χ1n) is 11.1. The lowest BCUT2D eigenvalue weighted by atomic mass is 9.64. The number of rotatable bonds is 10. The van der Waals surface area contributed by atoms with Crippen LogP contribution in [0.5, 0.6) is 0 Å². The zero-order chi connectivity index (χ0) is 20.9. The molecule has 8 nitrogen and oxygen atoms in total. The molecule has 0 amide bonds. The van der Waals surface area contributed by atoms with E-state index in [2.05, 4.69) is 36.1 Å². The number of aliphatic hydroxyl groups excluding tert-OH is 1. The monoisotopic (exact) mass is 413 g/mol. The molecule has 4 aliphatic rings. The molecule has 3 heterocycles. The Morgan fingerprint density at radius 2 is 2.07 bits per heavy atom. The molecular formula is C21H39N3O5. The van der Waals surface area contributed by atoms with Gasteiger partial charge in [-0.1, -0.05) is 5.16 Å². The third-order valence-electron chi connectivity index (χ3n) is 6.39. The summed E-state index contributed by atoms with van der Waals surface area (Å²) in [5.41, 5.74) is 0.340. The molecule has 8 heteroatoms. The number of ether oxygens (including phenoxy) is 3. The van der Waals surface area contributed by atoms with E-state index in [1.807, 2.05) is 6.92 Å². The zero-order valence-corrected chi connectivity index (χ0v) is 18.5. The Morgan fingerprint density at radius 1 is 1.31 bits per heavy atom. The fourth-order valence-electron chi connectivity index (χ4n) is 4.95. The van der Waals surface area contributed by atoms with Gasteiger partial charge in [-0.05, 0) is 40.5 Å². The molecule has 1 saturated carbocycles. The van der Waals surface area contributed by atoms with E-state index in [-0.39, 0.29) is 18.2 Å². The van der Waals surface area contributed by atoms with Crippen LogP contribution in [-0.4, -0.2) is 98.3 Å². The Bertz CT molecular complexity index is 552. The Morgan fingerprint density at radius 3 is 2.76 bits per heavy atom. The maximum Gasteiger partial charge on any atom is 0.144 e. The molecule has 4 fully saturated rings. The van der Waals surface area contributed by atoms with Crippen molar-refractivity contribution in [1.29, 1.82) is 0 Å². The number of hydrogen-bond donors (Lipinski definition) is 2. The van der Waals surface area contributed by atoms with Gasteiger partial charge in [-0.25, -0.2) is 0 Å². The molecule has 29 heavy (non-hydrogen) atoms. The maximum atomic E-state index is 10.2. The highest BCUT2D eigenvalue weighted by atomic mass is 16.6. The fourth-order valence-corrected chi connectivity index (χ4v) is 4.95. The van der Waals surface area contributed by atoms with E-state index >= 15 is 0 Å². The molecule has 3 aliphatic heterocycles. The number of nitrogens with one attached hydrogen (secondary N) is 1. The summed E-state index contributed by atoms with van der Waals surface area (Å²) in [5.74, 6) is 0.370. The summed E-state index contributed by atoms with van der Waals surface area (Å²) >= 11 is 0. The average Bonchev–Trinajstić information content (AvgIpc) is 2.68. The van der Waals surface area contributed by atoms with E-state index in [0.29, 0.717) is 32.2 Å². The lowest BCUT2D eigenvalue weighted by Crippen LogP contribution is -2.71. The van der Waals surface area contributed by atoms with Gasteiger partial charge < -0.3 is 29.5 Å². The summed E-state index contributed by atoms with van der Waals surface area (Å²) in [5, 5.41) is 17.9. The number of fused-ring (bicyclic) bond motifs is 3. The number of hydrogen-bond acceptors (Lipinski definition) is 8. The van der Waals surface area contributed by atoms with Crippen LogP contribution in [0.3, 0.4) is 0 Å². The van der Waals surface area contributed by atoms with Crippen molar-refractivity contribution < 1.29 is 24.2 Å². The van der Waals surface area contributed by atoms with E-state index in [1.54, 1.807) is 0 Å². The van der Waals surface area contributed by atoms with Gasteiger partial charge in [-0.2, -0.15) is 0 Å². The van der Waals surface area contributed by atoms with Crippen molar-refractivity contribution in [2.24, 2.45) is 11.1 Å². The van der Waals surface area contributed by atoms with Crippen LogP contribution in [0.25, 0.3) is 0 Å². The van der Waals surface area contributed by atoms with Gasteiger partial charge in [0.05, 0.1) is 31.5 Å². The molecule has 0 aromatic carbocycles. The van der Waals surface area contributed by atoms with E-state index in [9.17, 15) is 5.11 Å². The van der Waals surface area contributed by atoms with Gasteiger partial charge >= 0.3 is 0 Å². The predicted octanol–water partition coefficient (Wildman–Crippen LogP) is 1.02. The Hall–Kier alpha value is -0.770. The second-order valence-electron chi connectivity index (χ2n) is 9.00. The predicted molar refractivity (Wildman–Crippen MR) is 111 cm³/mol. The van der Waals surface area contributed by atoms with E-state index < -0.39 is 11.7 Å². The molecule has 1 aliphatic carbocycles. The van der Waals surface area contributed by atoms with Gasteiger partial charge in [-0.15, -0.1) is 0 Å². The van der Waals surface area contributed by atoms with Crippen molar-refractivity contribution in [3.63, 3.8) is 0 Å². The first-order chi connectivity index (χ1) is 13.9. The quantitative estimate of drug-likeness (QED) is 0.409. The Labute approximate surface area is 174 Å². The second kappa shape index (κ2) is 10.0. The number of nitrogens with zero attached hydrogens (tertiary/aromatic N) is 2. The van der Waals surface area contributed by atoms with Gasteiger partial charge in [0.15, 0.2) is 0 Å².